The molecule has 0 saturated carbocycles. The third kappa shape index (κ3) is 5.10. The van der Waals surface area contributed by atoms with Crippen LogP contribution < -0.4 is 0 Å². The van der Waals surface area contributed by atoms with E-state index < -0.39 is 23.5 Å². The highest BCUT2D eigenvalue weighted by Crippen LogP contribution is 2.24. The second kappa shape index (κ2) is 9.21. The number of ketones is 1. The maximum absolute atomic E-state index is 13.4. The quantitative estimate of drug-likeness (QED) is 0.660. The molecule has 4 nitrogen and oxygen atoms in total. The van der Waals surface area contributed by atoms with Gasteiger partial charge in [-0.05, 0) is 63.8 Å². The van der Waals surface area contributed by atoms with Crippen LogP contribution in [0, 0.1) is 17.6 Å². The van der Waals surface area contributed by atoms with Crippen molar-refractivity contribution < 1.29 is 23.1 Å². The van der Waals surface area contributed by atoms with Crippen LogP contribution in [-0.2, 0) is 20.7 Å². The van der Waals surface area contributed by atoms with E-state index in [0.29, 0.717) is 18.0 Å². The normalized spacial score (nSPS) is 18.9. The van der Waals surface area contributed by atoms with E-state index in [9.17, 15) is 18.4 Å². The van der Waals surface area contributed by atoms with Crippen LogP contribution in [-0.4, -0.2) is 42.4 Å². The Morgan fingerprint density at radius 3 is 2.62 bits per heavy atom. The molecule has 0 aromatic heterocycles. The van der Waals surface area contributed by atoms with Gasteiger partial charge in [-0.25, -0.2) is 8.78 Å². The molecule has 6 heteroatoms. The summed E-state index contributed by atoms with van der Waals surface area (Å²) in [4.78, 5) is 26.9. The predicted octanol–water partition coefficient (Wildman–Crippen LogP) is 3.52. The molecule has 0 spiro atoms. The van der Waals surface area contributed by atoms with Crippen molar-refractivity contribution in [3.05, 3.63) is 35.4 Å². The van der Waals surface area contributed by atoms with Crippen molar-refractivity contribution in [2.45, 2.75) is 58.0 Å². The maximum Gasteiger partial charge on any atom is 0.309 e. The number of carbonyl (C=O) groups is 2. The maximum atomic E-state index is 13.4. The molecule has 1 fully saturated rings. The first-order chi connectivity index (χ1) is 12.3. The van der Waals surface area contributed by atoms with Crippen LogP contribution in [0.15, 0.2) is 18.2 Å². The lowest BCUT2D eigenvalue weighted by Crippen LogP contribution is -2.40. The minimum absolute atomic E-state index is 0.0865. The molecule has 0 N–H and O–H groups in total. The van der Waals surface area contributed by atoms with E-state index in [-0.39, 0.29) is 24.7 Å². The van der Waals surface area contributed by atoms with Crippen molar-refractivity contribution in [1.29, 1.82) is 0 Å². The van der Waals surface area contributed by atoms with E-state index in [1.807, 2.05) is 0 Å². The lowest BCUT2D eigenvalue weighted by Gasteiger charge is -2.27. The Morgan fingerprint density at radius 1 is 1.27 bits per heavy atom. The highest BCUT2D eigenvalue weighted by molar-refractivity contribution is 5.85. The zero-order chi connectivity index (χ0) is 19.3. The molecule has 1 saturated heterocycles. The van der Waals surface area contributed by atoms with Crippen LogP contribution in [0.1, 0.15) is 45.1 Å². The SMILES string of the molecule is COC(=O)[C@@H](CCC(=O)[C@H]1CCCN1C(C)C)Cc1ccc(F)c(F)c1. The molecule has 0 aliphatic carbocycles. The van der Waals surface area contributed by atoms with Crippen molar-refractivity contribution in [1.82, 2.24) is 4.90 Å². The van der Waals surface area contributed by atoms with Gasteiger partial charge in [0.05, 0.1) is 19.1 Å². The van der Waals surface area contributed by atoms with Crippen molar-refractivity contribution in [3.8, 4) is 0 Å². The lowest BCUT2D eigenvalue weighted by atomic mass is 9.92. The van der Waals surface area contributed by atoms with Crippen LogP contribution in [0.5, 0.6) is 0 Å². The van der Waals surface area contributed by atoms with Gasteiger partial charge in [0.25, 0.3) is 0 Å². The Bertz CT molecular complexity index is 648. The Hall–Kier alpha value is -1.82. The zero-order valence-corrected chi connectivity index (χ0v) is 15.6. The van der Waals surface area contributed by atoms with Gasteiger partial charge in [-0.2, -0.15) is 0 Å². The lowest BCUT2D eigenvalue weighted by molar-refractivity contribution is -0.145. The molecule has 1 heterocycles. The third-order valence-electron chi connectivity index (χ3n) is 5.07. The number of carbonyl (C=O) groups excluding carboxylic acids is 2. The van der Waals surface area contributed by atoms with Crippen molar-refractivity contribution in [2.24, 2.45) is 5.92 Å². The van der Waals surface area contributed by atoms with E-state index in [1.165, 1.54) is 13.2 Å². The Morgan fingerprint density at radius 2 is 2.00 bits per heavy atom. The third-order valence-corrected chi connectivity index (χ3v) is 5.07. The molecule has 26 heavy (non-hydrogen) atoms. The number of hydrogen-bond donors (Lipinski definition) is 0. The van der Waals surface area contributed by atoms with Crippen LogP contribution in [0.25, 0.3) is 0 Å². The van der Waals surface area contributed by atoms with Crippen LogP contribution in [0.2, 0.25) is 0 Å². The molecule has 1 aliphatic rings. The Labute approximate surface area is 153 Å². The first-order valence-electron chi connectivity index (χ1n) is 9.13. The molecule has 1 aliphatic heterocycles. The number of likely N-dealkylation sites (tertiary alicyclic amines) is 1. The van der Waals surface area contributed by atoms with E-state index in [2.05, 4.69) is 18.7 Å². The molecule has 1 aromatic rings. The number of halogens is 2. The van der Waals surface area contributed by atoms with Gasteiger partial charge >= 0.3 is 5.97 Å². The first kappa shape index (κ1) is 20.5. The fraction of sp³-hybridized carbons (Fsp3) is 0.600. The second-order valence-corrected chi connectivity index (χ2v) is 7.17. The molecule has 144 valence electrons. The molecule has 0 amide bonds. The van der Waals surface area contributed by atoms with Gasteiger partial charge < -0.3 is 4.74 Å². The molecular weight excluding hydrogens is 340 g/mol. The van der Waals surface area contributed by atoms with E-state index in [4.69, 9.17) is 4.74 Å². The minimum Gasteiger partial charge on any atom is -0.469 e. The Balaban J connectivity index is 2.00. The van der Waals surface area contributed by atoms with E-state index >= 15 is 0 Å². The highest BCUT2D eigenvalue weighted by atomic mass is 19.2. The largest absolute Gasteiger partial charge is 0.469 e. The van der Waals surface area contributed by atoms with E-state index in [0.717, 1.165) is 31.5 Å². The number of rotatable bonds is 8. The standard InChI is InChI=1S/C20H27F2NO3/c1-13(2)23-10-4-5-18(23)19(24)9-7-15(20(25)26-3)11-14-6-8-16(21)17(22)12-14/h6,8,12-13,15,18H,4-5,7,9-11H2,1-3H3/t15-,18+/m0/s1. The van der Waals surface area contributed by atoms with E-state index in [1.54, 1.807) is 0 Å². The average Bonchev–Trinajstić information content (AvgIpc) is 3.10. The number of esters is 1. The van der Waals surface area contributed by atoms with Gasteiger partial charge in [0.15, 0.2) is 11.6 Å². The Kier molecular flexibility index (Phi) is 7.26. The molecular formula is C20H27F2NO3. The summed E-state index contributed by atoms with van der Waals surface area (Å²) in [5, 5.41) is 0. The summed E-state index contributed by atoms with van der Waals surface area (Å²) in [5.74, 6) is -2.72. The number of methoxy groups -OCH3 is 1. The summed E-state index contributed by atoms with van der Waals surface area (Å²) < 4.78 is 31.3. The van der Waals surface area contributed by atoms with Crippen LogP contribution in [0.4, 0.5) is 8.78 Å². The number of ether oxygens (including phenoxy) is 1. The average molecular weight is 367 g/mol. The summed E-state index contributed by atoms with van der Waals surface area (Å²) in [6, 6.07) is 3.81. The molecule has 2 rings (SSSR count). The summed E-state index contributed by atoms with van der Waals surface area (Å²) in [6.45, 7) is 5.07. The predicted molar refractivity (Wildman–Crippen MR) is 94.7 cm³/mol. The van der Waals surface area contributed by atoms with Crippen LogP contribution in [0.3, 0.4) is 0 Å². The molecule has 2 atom stereocenters. The number of hydrogen-bond acceptors (Lipinski definition) is 4. The van der Waals surface area contributed by atoms with Gasteiger partial charge in [0.2, 0.25) is 0 Å². The molecule has 0 radical (unpaired) electrons. The number of nitrogens with zero attached hydrogens (tertiary/aromatic N) is 1. The van der Waals surface area contributed by atoms with Gasteiger partial charge in [-0.3, -0.25) is 14.5 Å². The minimum atomic E-state index is -0.944. The summed E-state index contributed by atoms with van der Waals surface area (Å²) in [5.41, 5.74) is 0.511. The van der Waals surface area contributed by atoms with Gasteiger partial charge in [-0.15, -0.1) is 0 Å². The second-order valence-electron chi connectivity index (χ2n) is 7.17. The molecule has 0 unspecified atom stereocenters. The van der Waals surface area contributed by atoms with Crippen molar-refractivity contribution in [3.63, 3.8) is 0 Å². The summed E-state index contributed by atoms with van der Waals surface area (Å²) in [6.07, 6.45) is 2.69. The molecule has 0 bridgehead atoms. The van der Waals surface area contributed by atoms with Crippen LogP contribution >= 0.6 is 0 Å². The molecule has 1 aromatic carbocycles. The summed E-state index contributed by atoms with van der Waals surface area (Å²) in [7, 11) is 1.29. The fourth-order valence-corrected chi connectivity index (χ4v) is 3.66. The van der Waals surface area contributed by atoms with Gasteiger partial charge in [0.1, 0.15) is 5.78 Å². The van der Waals surface area contributed by atoms with Gasteiger partial charge in [0, 0.05) is 12.5 Å². The smallest absolute Gasteiger partial charge is 0.309 e. The summed E-state index contributed by atoms with van der Waals surface area (Å²) >= 11 is 0. The first-order valence-corrected chi connectivity index (χ1v) is 9.13. The highest BCUT2D eigenvalue weighted by Gasteiger charge is 2.32. The topological polar surface area (TPSA) is 46.6 Å². The number of benzene rings is 1. The van der Waals surface area contributed by atoms with Gasteiger partial charge in [-0.1, -0.05) is 6.07 Å². The monoisotopic (exact) mass is 367 g/mol. The zero-order valence-electron chi connectivity index (χ0n) is 15.6. The number of Topliss-reactive ketones (excluding diaryl/α,β-unsaturated/α-hetero) is 1. The van der Waals surface area contributed by atoms with Crippen molar-refractivity contribution in [2.75, 3.05) is 13.7 Å². The fourth-order valence-electron chi connectivity index (χ4n) is 3.66. The van der Waals surface area contributed by atoms with Crippen molar-refractivity contribution >= 4 is 11.8 Å².